The van der Waals surface area contributed by atoms with Gasteiger partial charge in [-0.05, 0) is 24.3 Å². The van der Waals surface area contributed by atoms with Crippen molar-refractivity contribution >= 4 is 5.97 Å². The molecule has 0 aliphatic heterocycles. The third-order valence-corrected chi connectivity index (χ3v) is 2.86. The van der Waals surface area contributed by atoms with E-state index >= 15 is 0 Å². The highest BCUT2D eigenvalue weighted by atomic mass is 19.4. The highest BCUT2D eigenvalue weighted by molar-refractivity contribution is 5.97. The summed E-state index contributed by atoms with van der Waals surface area (Å²) in [7, 11) is 0. The Morgan fingerprint density at radius 3 is 2.00 bits per heavy atom. The van der Waals surface area contributed by atoms with Gasteiger partial charge in [-0.1, -0.05) is 18.2 Å². The number of carboxylic acids is 1. The summed E-state index contributed by atoms with van der Waals surface area (Å²) < 4.78 is 81.9. The number of ether oxygens (including phenoxy) is 2. The van der Waals surface area contributed by atoms with Crippen LogP contribution in [-0.4, -0.2) is 23.8 Å². The van der Waals surface area contributed by atoms with Crippen LogP contribution >= 0.6 is 0 Å². The van der Waals surface area contributed by atoms with Crippen LogP contribution < -0.4 is 9.47 Å². The van der Waals surface area contributed by atoms with Gasteiger partial charge in [0.15, 0.2) is 0 Å². The number of carboxylic acid groups (broad SMARTS) is 1. The number of para-hydroxylation sites is 1. The second-order valence-electron chi connectivity index (χ2n) is 4.60. The van der Waals surface area contributed by atoms with Gasteiger partial charge in [0.05, 0.1) is 5.56 Å². The van der Waals surface area contributed by atoms with Gasteiger partial charge in [0.1, 0.15) is 11.5 Å². The molecular weight excluding hydrogens is 358 g/mol. The predicted molar refractivity (Wildman–Crippen MR) is 72.2 cm³/mol. The van der Waals surface area contributed by atoms with Crippen molar-refractivity contribution in [2.45, 2.75) is 12.7 Å². The lowest BCUT2D eigenvalue weighted by atomic mass is 9.98. The van der Waals surface area contributed by atoms with E-state index in [0.29, 0.717) is 6.07 Å². The molecule has 2 aromatic carbocycles. The van der Waals surface area contributed by atoms with Crippen molar-refractivity contribution in [2.75, 3.05) is 0 Å². The summed E-state index contributed by atoms with van der Waals surface area (Å²) >= 11 is 0. The van der Waals surface area contributed by atoms with Crippen LogP contribution in [0.15, 0.2) is 42.5 Å². The molecule has 0 aliphatic rings. The summed E-state index contributed by atoms with van der Waals surface area (Å²) in [6.07, 6.45) is -10.1. The number of rotatable bonds is 4. The SMILES string of the molecule is O=C(O)c1ccc(OC(F)(F)F)cc1-c1ccccc1OC(F)(F)F. The lowest BCUT2D eigenvalue weighted by molar-refractivity contribution is -0.275. The Kier molecular flexibility index (Phi) is 4.82. The minimum atomic E-state index is -5.07. The van der Waals surface area contributed by atoms with E-state index in [1.807, 2.05) is 0 Å². The summed E-state index contributed by atoms with van der Waals surface area (Å²) in [5, 5.41) is 9.15. The Morgan fingerprint density at radius 1 is 0.840 bits per heavy atom. The van der Waals surface area contributed by atoms with Gasteiger partial charge in [-0.25, -0.2) is 4.79 Å². The molecule has 0 spiro atoms. The molecule has 4 nitrogen and oxygen atoms in total. The molecule has 0 saturated carbocycles. The van der Waals surface area contributed by atoms with Gasteiger partial charge in [0.25, 0.3) is 0 Å². The number of halogens is 6. The maximum atomic E-state index is 12.5. The Balaban J connectivity index is 2.60. The highest BCUT2D eigenvalue weighted by Crippen LogP contribution is 2.38. The van der Waals surface area contributed by atoms with Gasteiger partial charge in [-0.3, -0.25) is 0 Å². The molecule has 0 heterocycles. The molecule has 10 heteroatoms. The van der Waals surface area contributed by atoms with E-state index in [9.17, 15) is 31.1 Å². The third kappa shape index (κ3) is 5.03. The molecule has 0 radical (unpaired) electrons. The summed E-state index contributed by atoms with van der Waals surface area (Å²) in [5.74, 6) is -3.09. The van der Waals surface area contributed by atoms with E-state index in [1.165, 1.54) is 12.1 Å². The topological polar surface area (TPSA) is 55.8 Å². The van der Waals surface area contributed by atoms with Crippen LogP contribution in [0.25, 0.3) is 11.1 Å². The summed E-state index contributed by atoms with van der Waals surface area (Å²) in [4.78, 5) is 11.3. The summed E-state index contributed by atoms with van der Waals surface area (Å²) in [6, 6.07) is 6.68. The number of alkyl halides is 6. The first-order valence-corrected chi connectivity index (χ1v) is 6.44. The Hall–Kier alpha value is -2.91. The van der Waals surface area contributed by atoms with Gasteiger partial charge in [0, 0.05) is 11.1 Å². The second kappa shape index (κ2) is 6.54. The van der Waals surface area contributed by atoms with E-state index in [0.717, 1.165) is 24.3 Å². The Morgan fingerprint density at radius 2 is 1.44 bits per heavy atom. The quantitative estimate of drug-likeness (QED) is 0.786. The molecule has 2 aromatic rings. The van der Waals surface area contributed by atoms with Crippen molar-refractivity contribution in [3.8, 4) is 22.6 Å². The number of carbonyl (C=O) groups is 1. The fourth-order valence-electron chi connectivity index (χ4n) is 2.03. The molecule has 0 saturated heterocycles. The van der Waals surface area contributed by atoms with E-state index in [4.69, 9.17) is 5.11 Å². The molecule has 0 fully saturated rings. The number of benzene rings is 2. The third-order valence-electron chi connectivity index (χ3n) is 2.86. The van der Waals surface area contributed by atoms with Gasteiger partial charge in [-0.15, -0.1) is 26.3 Å². The molecule has 134 valence electrons. The lowest BCUT2D eigenvalue weighted by Crippen LogP contribution is -2.18. The molecule has 25 heavy (non-hydrogen) atoms. The van der Waals surface area contributed by atoms with Crippen LogP contribution in [0.2, 0.25) is 0 Å². The van der Waals surface area contributed by atoms with Crippen LogP contribution in [0, 0.1) is 0 Å². The minimum absolute atomic E-state index is 0.357. The lowest BCUT2D eigenvalue weighted by Gasteiger charge is -2.16. The molecule has 0 atom stereocenters. The molecular formula is C15H8F6O4. The predicted octanol–water partition coefficient (Wildman–Crippen LogP) is 4.85. The second-order valence-corrected chi connectivity index (χ2v) is 4.60. The zero-order valence-electron chi connectivity index (χ0n) is 12.0. The molecule has 0 amide bonds. The molecule has 1 N–H and O–H groups in total. The van der Waals surface area contributed by atoms with E-state index in [2.05, 4.69) is 9.47 Å². The van der Waals surface area contributed by atoms with Crippen LogP contribution in [0.3, 0.4) is 0 Å². The molecule has 0 aromatic heterocycles. The molecule has 0 unspecified atom stereocenters. The van der Waals surface area contributed by atoms with Gasteiger partial charge in [-0.2, -0.15) is 0 Å². The standard InChI is InChI=1S/C15H8F6O4/c16-14(17,18)24-8-5-6-10(13(22)23)11(7-8)9-3-1-2-4-12(9)25-15(19,20)21/h1-7H,(H,22,23). The van der Waals surface area contributed by atoms with Crippen molar-refractivity contribution in [3.63, 3.8) is 0 Å². The summed E-state index contributed by atoms with van der Waals surface area (Å²) in [5.41, 5.74) is -1.30. The highest BCUT2D eigenvalue weighted by Gasteiger charge is 2.34. The van der Waals surface area contributed by atoms with E-state index in [-0.39, 0.29) is 5.56 Å². The Labute approximate surface area is 136 Å². The van der Waals surface area contributed by atoms with Crippen molar-refractivity contribution in [3.05, 3.63) is 48.0 Å². The zero-order valence-corrected chi connectivity index (χ0v) is 12.0. The first-order valence-electron chi connectivity index (χ1n) is 6.44. The normalized spacial score (nSPS) is 11.9. The first kappa shape index (κ1) is 18.4. The first-order chi connectivity index (χ1) is 11.5. The van der Waals surface area contributed by atoms with E-state index < -0.39 is 41.3 Å². The van der Waals surface area contributed by atoms with E-state index in [1.54, 1.807) is 0 Å². The van der Waals surface area contributed by atoms with Crippen LogP contribution in [0.5, 0.6) is 11.5 Å². The number of hydrogen-bond acceptors (Lipinski definition) is 3. The van der Waals surface area contributed by atoms with Gasteiger partial charge >= 0.3 is 18.7 Å². The van der Waals surface area contributed by atoms with Crippen molar-refractivity contribution in [2.24, 2.45) is 0 Å². The van der Waals surface area contributed by atoms with Gasteiger partial charge in [0.2, 0.25) is 0 Å². The monoisotopic (exact) mass is 366 g/mol. The number of aromatic carboxylic acids is 1. The Bertz CT molecular complexity index is 782. The van der Waals surface area contributed by atoms with Crippen molar-refractivity contribution in [1.29, 1.82) is 0 Å². The van der Waals surface area contributed by atoms with Gasteiger partial charge < -0.3 is 14.6 Å². The summed E-state index contributed by atoms with van der Waals surface area (Å²) in [6.45, 7) is 0. The fourth-order valence-corrected chi connectivity index (χ4v) is 2.03. The number of hydrogen-bond donors (Lipinski definition) is 1. The molecule has 2 rings (SSSR count). The van der Waals surface area contributed by atoms with Crippen molar-refractivity contribution in [1.82, 2.24) is 0 Å². The fraction of sp³-hybridized carbons (Fsp3) is 0.133. The molecule has 0 bridgehead atoms. The average molecular weight is 366 g/mol. The van der Waals surface area contributed by atoms with Crippen LogP contribution in [0.1, 0.15) is 10.4 Å². The smallest absolute Gasteiger partial charge is 0.478 e. The average Bonchev–Trinajstić information content (AvgIpc) is 2.44. The maximum absolute atomic E-state index is 12.5. The van der Waals surface area contributed by atoms with Crippen molar-refractivity contribution < 1.29 is 45.7 Å². The maximum Gasteiger partial charge on any atom is 0.573 e. The van der Waals surface area contributed by atoms with Crippen LogP contribution in [-0.2, 0) is 0 Å². The minimum Gasteiger partial charge on any atom is -0.478 e. The van der Waals surface area contributed by atoms with Crippen LogP contribution in [0.4, 0.5) is 26.3 Å². The zero-order chi connectivity index (χ0) is 18.8. The molecule has 0 aliphatic carbocycles. The largest absolute Gasteiger partial charge is 0.573 e.